The third-order valence-corrected chi connectivity index (χ3v) is 6.05. The molecule has 0 amide bonds. The third-order valence-electron chi connectivity index (χ3n) is 4.97. The Labute approximate surface area is 162 Å². The molecule has 1 aliphatic heterocycles. The molecule has 1 fully saturated rings. The van der Waals surface area contributed by atoms with E-state index in [1.807, 2.05) is 18.2 Å². The highest BCUT2D eigenvalue weighted by atomic mass is 32.1. The van der Waals surface area contributed by atoms with Gasteiger partial charge >= 0.3 is 0 Å². The quantitative estimate of drug-likeness (QED) is 0.701. The summed E-state index contributed by atoms with van der Waals surface area (Å²) < 4.78 is 7.56. The predicted molar refractivity (Wildman–Crippen MR) is 106 cm³/mol. The Morgan fingerprint density at radius 1 is 1.22 bits per heavy atom. The van der Waals surface area contributed by atoms with E-state index in [1.54, 1.807) is 0 Å². The van der Waals surface area contributed by atoms with Crippen LogP contribution < -0.4 is 4.74 Å². The zero-order valence-corrected chi connectivity index (χ0v) is 16.5. The lowest BCUT2D eigenvalue weighted by atomic mass is 10.0. The molecule has 1 unspecified atom stereocenters. The van der Waals surface area contributed by atoms with Gasteiger partial charge in [0, 0.05) is 31.7 Å². The number of fused-ring (bicyclic) bond motifs is 1. The topological polar surface area (TPSA) is 66.1 Å². The zero-order valence-electron chi connectivity index (χ0n) is 15.7. The van der Waals surface area contributed by atoms with Crippen LogP contribution in [-0.2, 0) is 0 Å². The molecule has 4 rings (SSSR count). The second-order valence-electron chi connectivity index (χ2n) is 6.87. The monoisotopic (exact) mass is 387 g/mol. The van der Waals surface area contributed by atoms with Crippen LogP contribution in [0.25, 0.3) is 4.96 Å². The van der Waals surface area contributed by atoms with Gasteiger partial charge in [-0.25, -0.2) is 4.98 Å². The van der Waals surface area contributed by atoms with E-state index in [0.29, 0.717) is 11.6 Å². The van der Waals surface area contributed by atoms with Crippen LogP contribution in [0.5, 0.6) is 11.6 Å². The summed E-state index contributed by atoms with van der Waals surface area (Å²) >= 11 is 1.49. The first kappa shape index (κ1) is 18.2. The van der Waals surface area contributed by atoms with Crippen molar-refractivity contribution in [3.63, 3.8) is 0 Å². The van der Waals surface area contributed by atoms with E-state index in [0.717, 1.165) is 48.8 Å². The van der Waals surface area contributed by atoms with Crippen LogP contribution in [0.2, 0.25) is 0 Å². The van der Waals surface area contributed by atoms with Crippen LogP contribution in [0.3, 0.4) is 0 Å². The summed E-state index contributed by atoms with van der Waals surface area (Å²) in [5.41, 5.74) is 1.08. The standard InChI is InChI=1S/C19H25N5O2S/c1-3-12-26-15-7-5-4-6-14(15)16(23-10-8-22(2)9-11-23)17-18(25)24-19(27-17)20-13-21-24/h4-7,13,16,25H,3,8-12H2,1-2H3. The van der Waals surface area contributed by atoms with Gasteiger partial charge in [0.2, 0.25) is 10.8 Å². The van der Waals surface area contributed by atoms with Gasteiger partial charge in [-0.05, 0) is 19.5 Å². The Hall–Kier alpha value is -2.16. The van der Waals surface area contributed by atoms with E-state index in [9.17, 15) is 5.11 Å². The first-order valence-corrected chi connectivity index (χ1v) is 10.2. The van der Waals surface area contributed by atoms with Gasteiger partial charge in [-0.2, -0.15) is 9.61 Å². The summed E-state index contributed by atoms with van der Waals surface area (Å²) in [7, 11) is 2.14. The molecule has 0 bridgehead atoms. The number of nitrogens with zero attached hydrogens (tertiary/aromatic N) is 5. The number of benzene rings is 1. The largest absolute Gasteiger partial charge is 0.493 e. The molecule has 0 radical (unpaired) electrons. The smallest absolute Gasteiger partial charge is 0.230 e. The van der Waals surface area contributed by atoms with Crippen molar-refractivity contribution in [1.82, 2.24) is 24.4 Å². The molecule has 1 N–H and O–H groups in total. The van der Waals surface area contributed by atoms with Crippen LogP contribution in [-0.4, -0.2) is 69.3 Å². The number of hydrogen-bond acceptors (Lipinski definition) is 7. The van der Waals surface area contributed by atoms with E-state index in [2.05, 4.69) is 39.9 Å². The molecule has 7 nitrogen and oxygen atoms in total. The highest BCUT2D eigenvalue weighted by Gasteiger charge is 2.32. The molecule has 1 aromatic carbocycles. The average molecular weight is 388 g/mol. The predicted octanol–water partition coefficient (Wildman–Crippen LogP) is 2.62. The fourth-order valence-electron chi connectivity index (χ4n) is 3.51. The normalized spacial score (nSPS) is 17.4. The molecule has 144 valence electrons. The van der Waals surface area contributed by atoms with E-state index < -0.39 is 0 Å². The molecule has 1 atom stereocenters. The fourth-order valence-corrected chi connectivity index (χ4v) is 4.59. The number of para-hydroxylation sites is 1. The van der Waals surface area contributed by atoms with Crippen LogP contribution in [0.15, 0.2) is 30.6 Å². The van der Waals surface area contributed by atoms with Crippen molar-refractivity contribution in [1.29, 1.82) is 0 Å². The molecule has 0 aliphatic carbocycles. The minimum Gasteiger partial charge on any atom is -0.493 e. The molecule has 1 saturated heterocycles. The van der Waals surface area contributed by atoms with E-state index in [1.165, 1.54) is 22.2 Å². The highest BCUT2D eigenvalue weighted by Crippen LogP contribution is 2.42. The Balaban J connectivity index is 1.79. The minimum atomic E-state index is -0.0831. The van der Waals surface area contributed by atoms with Crippen LogP contribution in [0, 0.1) is 0 Å². The summed E-state index contributed by atoms with van der Waals surface area (Å²) in [6, 6.07) is 8.06. The lowest BCUT2D eigenvalue weighted by molar-refractivity contribution is 0.125. The number of likely N-dealkylation sites (N-methyl/N-ethyl adjacent to an activating group) is 1. The fraction of sp³-hybridized carbons (Fsp3) is 0.474. The molecule has 2 aromatic heterocycles. The summed E-state index contributed by atoms with van der Waals surface area (Å²) in [4.78, 5) is 10.6. The lowest BCUT2D eigenvalue weighted by Crippen LogP contribution is -2.46. The van der Waals surface area contributed by atoms with Crippen molar-refractivity contribution in [2.24, 2.45) is 0 Å². The van der Waals surface area contributed by atoms with Crippen molar-refractivity contribution >= 4 is 16.3 Å². The number of aromatic nitrogens is 3. The molecule has 3 aromatic rings. The number of thiazole rings is 1. The van der Waals surface area contributed by atoms with Gasteiger partial charge in [0.15, 0.2) is 0 Å². The van der Waals surface area contributed by atoms with E-state index >= 15 is 0 Å². The minimum absolute atomic E-state index is 0.0831. The number of rotatable bonds is 6. The first-order chi connectivity index (χ1) is 13.2. The number of hydrogen-bond donors (Lipinski definition) is 1. The van der Waals surface area contributed by atoms with Crippen LogP contribution in [0.1, 0.15) is 29.8 Å². The van der Waals surface area contributed by atoms with Crippen LogP contribution >= 0.6 is 11.3 Å². The van der Waals surface area contributed by atoms with Crippen molar-refractivity contribution in [2.75, 3.05) is 39.8 Å². The maximum absolute atomic E-state index is 10.9. The van der Waals surface area contributed by atoms with Gasteiger partial charge in [0.05, 0.1) is 17.5 Å². The first-order valence-electron chi connectivity index (χ1n) is 9.34. The van der Waals surface area contributed by atoms with Crippen molar-refractivity contribution in [2.45, 2.75) is 19.4 Å². The average Bonchev–Trinajstić information content (AvgIpc) is 3.26. The highest BCUT2D eigenvalue weighted by molar-refractivity contribution is 7.17. The molecular formula is C19H25N5O2S. The lowest BCUT2D eigenvalue weighted by Gasteiger charge is -2.38. The molecule has 0 saturated carbocycles. The third kappa shape index (κ3) is 3.52. The van der Waals surface area contributed by atoms with Crippen molar-refractivity contribution < 1.29 is 9.84 Å². The maximum atomic E-state index is 10.9. The zero-order chi connectivity index (χ0) is 18.8. The SMILES string of the molecule is CCCOc1ccccc1C(c1sc2ncnn2c1O)N1CCN(C)CC1. The molecule has 0 spiro atoms. The van der Waals surface area contributed by atoms with Gasteiger partial charge in [-0.3, -0.25) is 4.90 Å². The van der Waals surface area contributed by atoms with Crippen LogP contribution in [0.4, 0.5) is 0 Å². The van der Waals surface area contributed by atoms with Crippen molar-refractivity contribution in [3.05, 3.63) is 41.0 Å². The Kier molecular flexibility index (Phi) is 5.29. The Morgan fingerprint density at radius 2 is 2.00 bits per heavy atom. The molecule has 8 heteroatoms. The van der Waals surface area contributed by atoms with Crippen molar-refractivity contribution in [3.8, 4) is 11.6 Å². The summed E-state index contributed by atoms with van der Waals surface area (Å²) in [5.74, 6) is 1.04. The number of piperazine rings is 1. The van der Waals surface area contributed by atoms with Gasteiger partial charge in [-0.1, -0.05) is 36.5 Å². The van der Waals surface area contributed by atoms with Gasteiger partial charge in [0.25, 0.3) is 0 Å². The maximum Gasteiger partial charge on any atom is 0.230 e. The molecule has 3 heterocycles. The number of ether oxygens (including phenoxy) is 1. The molecule has 27 heavy (non-hydrogen) atoms. The Morgan fingerprint density at radius 3 is 2.74 bits per heavy atom. The van der Waals surface area contributed by atoms with Gasteiger partial charge in [0.1, 0.15) is 12.1 Å². The summed E-state index contributed by atoms with van der Waals surface area (Å²) in [6.07, 6.45) is 2.42. The van der Waals surface area contributed by atoms with E-state index in [-0.39, 0.29) is 11.9 Å². The van der Waals surface area contributed by atoms with Gasteiger partial charge in [-0.15, -0.1) is 0 Å². The molecular weight excluding hydrogens is 362 g/mol. The molecule has 1 aliphatic rings. The van der Waals surface area contributed by atoms with E-state index in [4.69, 9.17) is 4.74 Å². The summed E-state index contributed by atoms with van der Waals surface area (Å²) in [6.45, 7) is 6.62. The Bertz CT molecular complexity index is 901. The second kappa shape index (κ2) is 7.84. The summed E-state index contributed by atoms with van der Waals surface area (Å²) in [5, 5.41) is 15.0. The number of aromatic hydroxyl groups is 1. The van der Waals surface area contributed by atoms with Gasteiger partial charge < -0.3 is 14.7 Å². The second-order valence-corrected chi connectivity index (χ2v) is 7.88.